The second kappa shape index (κ2) is 5.45. The van der Waals surface area contributed by atoms with E-state index in [9.17, 15) is 9.18 Å². The molecular weight excluding hydrogens is 197 g/mol. The molecule has 2 unspecified atom stereocenters. The van der Waals surface area contributed by atoms with E-state index in [0.29, 0.717) is 12.6 Å². The molecule has 2 atom stereocenters. The number of carboxylic acids is 1. The van der Waals surface area contributed by atoms with Gasteiger partial charge in [-0.15, -0.1) is 0 Å². The number of piperidine rings is 1. The molecule has 88 valence electrons. The van der Waals surface area contributed by atoms with Crippen molar-refractivity contribution in [2.24, 2.45) is 5.92 Å². The molecule has 1 saturated heterocycles. The molecule has 0 aromatic rings. The van der Waals surface area contributed by atoms with E-state index in [1.165, 1.54) is 0 Å². The molecule has 1 fully saturated rings. The van der Waals surface area contributed by atoms with Gasteiger partial charge in [-0.3, -0.25) is 4.79 Å². The van der Waals surface area contributed by atoms with Gasteiger partial charge in [-0.2, -0.15) is 0 Å². The first kappa shape index (κ1) is 12.4. The second-order valence-electron chi connectivity index (χ2n) is 4.60. The Hall–Kier alpha value is -0.640. The Morgan fingerprint density at radius 3 is 2.80 bits per heavy atom. The Bertz CT molecular complexity index is 221. The normalized spacial score (nSPS) is 25.5. The highest BCUT2D eigenvalue weighted by molar-refractivity contribution is 5.67. The molecule has 1 aliphatic heterocycles. The van der Waals surface area contributed by atoms with Crippen LogP contribution in [-0.2, 0) is 4.79 Å². The van der Waals surface area contributed by atoms with Gasteiger partial charge in [0, 0.05) is 18.5 Å². The van der Waals surface area contributed by atoms with Crippen LogP contribution >= 0.6 is 0 Å². The molecule has 3 nitrogen and oxygen atoms in total. The Kier molecular flexibility index (Phi) is 4.51. The number of likely N-dealkylation sites (tertiary alicyclic amines) is 1. The maximum atomic E-state index is 13.6. The molecule has 4 heteroatoms. The molecule has 15 heavy (non-hydrogen) atoms. The van der Waals surface area contributed by atoms with Gasteiger partial charge >= 0.3 is 5.97 Å². The van der Waals surface area contributed by atoms with Crippen molar-refractivity contribution >= 4 is 5.97 Å². The fourth-order valence-electron chi connectivity index (χ4n) is 2.14. The third-order valence-corrected chi connectivity index (χ3v) is 3.10. The van der Waals surface area contributed by atoms with Gasteiger partial charge in [-0.1, -0.05) is 0 Å². The van der Waals surface area contributed by atoms with Gasteiger partial charge < -0.3 is 10.0 Å². The van der Waals surface area contributed by atoms with E-state index in [4.69, 9.17) is 5.11 Å². The van der Waals surface area contributed by atoms with E-state index >= 15 is 0 Å². The van der Waals surface area contributed by atoms with Gasteiger partial charge in [0.15, 0.2) is 0 Å². The molecule has 0 spiro atoms. The lowest BCUT2D eigenvalue weighted by atomic mass is 9.91. The van der Waals surface area contributed by atoms with Crippen molar-refractivity contribution in [3.63, 3.8) is 0 Å². The maximum Gasteiger partial charge on any atom is 0.306 e. The molecular formula is C11H20FNO2. The first-order valence-corrected chi connectivity index (χ1v) is 5.60. The van der Waals surface area contributed by atoms with Crippen molar-refractivity contribution in [1.82, 2.24) is 4.90 Å². The number of hydrogen-bond acceptors (Lipinski definition) is 2. The molecule has 0 aromatic carbocycles. The van der Waals surface area contributed by atoms with Crippen molar-refractivity contribution in [3.8, 4) is 0 Å². The molecule has 0 aromatic heterocycles. The summed E-state index contributed by atoms with van der Waals surface area (Å²) in [5, 5.41) is 8.54. The van der Waals surface area contributed by atoms with Gasteiger partial charge in [0.1, 0.15) is 6.17 Å². The number of halogens is 1. The summed E-state index contributed by atoms with van der Waals surface area (Å²) in [6.45, 7) is 5.89. The summed E-state index contributed by atoms with van der Waals surface area (Å²) in [6.07, 6.45) is 0.251. The average molecular weight is 217 g/mol. The minimum Gasteiger partial charge on any atom is -0.481 e. The fraction of sp³-hybridized carbons (Fsp3) is 0.909. The van der Waals surface area contributed by atoms with Crippen LogP contribution in [0, 0.1) is 5.92 Å². The summed E-state index contributed by atoms with van der Waals surface area (Å²) >= 11 is 0. The molecule has 1 heterocycles. The van der Waals surface area contributed by atoms with E-state index in [1.807, 2.05) is 0 Å². The molecule has 0 bridgehead atoms. The zero-order valence-electron chi connectivity index (χ0n) is 9.45. The molecule has 0 saturated carbocycles. The molecule has 0 amide bonds. The van der Waals surface area contributed by atoms with Crippen LogP contribution in [0.1, 0.15) is 33.1 Å². The SMILES string of the molecule is CC(C)N1CCCC(C(F)CC(=O)O)C1. The number of alkyl halides is 1. The predicted octanol–water partition coefficient (Wildman–Crippen LogP) is 1.92. The molecule has 1 aliphatic rings. The fourth-order valence-corrected chi connectivity index (χ4v) is 2.14. The highest BCUT2D eigenvalue weighted by Crippen LogP contribution is 2.24. The van der Waals surface area contributed by atoms with Crippen molar-refractivity contribution < 1.29 is 14.3 Å². The lowest BCUT2D eigenvalue weighted by Crippen LogP contribution is -2.43. The van der Waals surface area contributed by atoms with E-state index < -0.39 is 12.1 Å². The van der Waals surface area contributed by atoms with Crippen molar-refractivity contribution in [1.29, 1.82) is 0 Å². The monoisotopic (exact) mass is 217 g/mol. The Balaban J connectivity index is 2.44. The largest absolute Gasteiger partial charge is 0.481 e. The number of carboxylic acid groups (broad SMARTS) is 1. The average Bonchev–Trinajstić information content (AvgIpc) is 2.17. The van der Waals surface area contributed by atoms with Gasteiger partial charge in [-0.05, 0) is 33.2 Å². The van der Waals surface area contributed by atoms with E-state index in [1.54, 1.807) is 0 Å². The van der Waals surface area contributed by atoms with Gasteiger partial charge in [0.05, 0.1) is 6.42 Å². The lowest BCUT2D eigenvalue weighted by Gasteiger charge is -2.36. The van der Waals surface area contributed by atoms with Crippen LogP contribution in [0.5, 0.6) is 0 Å². The number of hydrogen-bond donors (Lipinski definition) is 1. The summed E-state index contributed by atoms with van der Waals surface area (Å²) in [5.74, 6) is -1.14. The zero-order chi connectivity index (χ0) is 11.4. The summed E-state index contributed by atoms with van der Waals surface area (Å²) in [5.41, 5.74) is 0. The van der Waals surface area contributed by atoms with Gasteiger partial charge in [0.25, 0.3) is 0 Å². The summed E-state index contributed by atoms with van der Waals surface area (Å²) in [4.78, 5) is 12.6. The van der Waals surface area contributed by atoms with Gasteiger partial charge in [-0.25, -0.2) is 4.39 Å². The number of rotatable bonds is 4. The number of nitrogens with zero attached hydrogens (tertiary/aromatic N) is 1. The lowest BCUT2D eigenvalue weighted by molar-refractivity contribution is -0.139. The zero-order valence-corrected chi connectivity index (χ0v) is 9.45. The van der Waals surface area contributed by atoms with Crippen LogP contribution in [0.25, 0.3) is 0 Å². The van der Waals surface area contributed by atoms with Crippen LogP contribution < -0.4 is 0 Å². The minimum absolute atomic E-state index is 0.0998. The predicted molar refractivity (Wildman–Crippen MR) is 56.6 cm³/mol. The minimum atomic E-state index is -1.19. The third kappa shape index (κ3) is 3.78. The Morgan fingerprint density at radius 1 is 1.60 bits per heavy atom. The van der Waals surface area contributed by atoms with Crippen molar-refractivity contribution in [2.45, 2.75) is 45.3 Å². The molecule has 1 N–H and O–H groups in total. The van der Waals surface area contributed by atoms with Crippen LogP contribution in [0.2, 0.25) is 0 Å². The van der Waals surface area contributed by atoms with Crippen LogP contribution in [0.15, 0.2) is 0 Å². The highest BCUT2D eigenvalue weighted by atomic mass is 19.1. The number of carbonyl (C=O) groups is 1. The summed E-state index contributed by atoms with van der Waals surface area (Å²) in [6, 6.07) is 0.421. The van der Waals surface area contributed by atoms with Crippen LogP contribution in [0.3, 0.4) is 0 Å². The summed E-state index contributed by atoms with van der Waals surface area (Å²) < 4.78 is 13.6. The standard InChI is InChI=1S/C11H20FNO2/c1-8(2)13-5-3-4-9(7-13)10(12)6-11(14)15/h8-10H,3-7H2,1-2H3,(H,14,15). The van der Waals surface area contributed by atoms with Crippen molar-refractivity contribution in [2.75, 3.05) is 13.1 Å². The molecule has 1 rings (SSSR count). The molecule has 0 aliphatic carbocycles. The van der Waals surface area contributed by atoms with Crippen LogP contribution in [-0.4, -0.2) is 41.3 Å². The van der Waals surface area contributed by atoms with Crippen molar-refractivity contribution in [3.05, 3.63) is 0 Å². The van der Waals surface area contributed by atoms with E-state index in [-0.39, 0.29) is 12.3 Å². The highest BCUT2D eigenvalue weighted by Gasteiger charge is 2.29. The summed E-state index contributed by atoms with van der Waals surface area (Å²) in [7, 11) is 0. The topological polar surface area (TPSA) is 40.5 Å². The quantitative estimate of drug-likeness (QED) is 0.782. The smallest absolute Gasteiger partial charge is 0.306 e. The van der Waals surface area contributed by atoms with E-state index in [2.05, 4.69) is 18.7 Å². The molecule has 0 radical (unpaired) electrons. The number of aliphatic carboxylic acids is 1. The van der Waals surface area contributed by atoms with Crippen LogP contribution in [0.4, 0.5) is 4.39 Å². The first-order chi connectivity index (χ1) is 7.00. The van der Waals surface area contributed by atoms with Gasteiger partial charge in [0.2, 0.25) is 0 Å². The maximum absolute atomic E-state index is 13.6. The third-order valence-electron chi connectivity index (χ3n) is 3.10. The Labute approximate surface area is 90.3 Å². The second-order valence-corrected chi connectivity index (χ2v) is 4.60. The first-order valence-electron chi connectivity index (χ1n) is 5.60. The Morgan fingerprint density at radius 2 is 2.27 bits per heavy atom. The van der Waals surface area contributed by atoms with E-state index in [0.717, 1.165) is 19.4 Å².